The minimum Gasteiger partial charge on any atom is -0.461 e. The lowest BCUT2D eigenvalue weighted by Crippen LogP contribution is -2.16. The number of nitrogens with zero attached hydrogens (tertiary/aromatic N) is 4. The lowest BCUT2D eigenvalue weighted by molar-refractivity contribution is 0.223. The highest BCUT2D eigenvalue weighted by molar-refractivity contribution is 5.81. The molecule has 2 aromatic heterocycles. The summed E-state index contributed by atoms with van der Waals surface area (Å²) in [6, 6.07) is 28.8. The summed E-state index contributed by atoms with van der Waals surface area (Å²) in [6.07, 6.45) is 9.02. The molecular weight excluding hydrogens is 544 g/mol. The Hall–Kier alpha value is -5.59. The largest absolute Gasteiger partial charge is 0.461 e. The fraction of sp³-hybridized carbons (Fsp3) is 0.184. The Morgan fingerprint density at radius 3 is 2.07 bits per heavy atom. The van der Waals surface area contributed by atoms with E-state index in [1.807, 2.05) is 81.6 Å². The van der Waals surface area contributed by atoms with Crippen LogP contribution in [-0.4, -0.2) is 4.98 Å². The Kier molecular flexibility index (Phi) is 7.08. The van der Waals surface area contributed by atoms with E-state index >= 15 is 0 Å². The number of aromatic nitrogens is 1. The van der Waals surface area contributed by atoms with Crippen molar-refractivity contribution in [2.45, 2.75) is 40.0 Å². The van der Waals surface area contributed by atoms with E-state index in [-0.39, 0.29) is 16.4 Å². The molecule has 0 atom stereocenters. The van der Waals surface area contributed by atoms with Crippen LogP contribution in [0.5, 0.6) is 0 Å². The molecule has 6 heteroatoms. The molecule has 4 aromatic rings. The van der Waals surface area contributed by atoms with Crippen LogP contribution >= 0.6 is 0 Å². The number of benzene rings is 2. The zero-order valence-electron chi connectivity index (χ0n) is 25.4. The predicted octanol–water partition coefficient (Wildman–Crippen LogP) is 9.65. The van der Waals surface area contributed by atoms with Crippen molar-refractivity contribution >= 4 is 23.1 Å². The van der Waals surface area contributed by atoms with E-state index in [1.165, 1.54) is 0 Å². The lowest BCUT2D eigenvalue weighted by Gasteiger charge is -2.27. The maximum Gasteiger partial charge on any atom is 0.157 e. The van der Waals surface area contributed by atoms with Gasteiger partial charge in [-0.3, -0.25) is 4.98 Å². The number of fused-ring (bicyclic) bond motifs is 3. The fourth-order valence-electron chi connectivity index (χ4n) is 5.55. The van der Waals surface area contributed by atoms with Crippen molar-refractivity contribution < 1.29 is 9.15 Å². The van der Waals surface area contributed by atoms with Gasteiger partial charge in [-0.15, -0.1) is 0 Å². The maximum absolute atomic E-state index is 9.45. The number of hydrogen-bond donors (Lipinski definition) is 0. The molecule has 1 aliphatic carbocycles. The van der Waals surface area contributed by atoms with Crippen LogP contribution in [0.3, 0.4) is 0 Å². The summed E-state index contributed by atoms with van der Waals surface area (Å²) in [6.45, 7) is 10.5. The quantitative estimate of drug-likeness (QED) is 0.220. The molecule has 0 N–H and O–H groups in total. The maximum atomic E-state index is 9.45. The van der Waals surface area contributed by atoms with E-state index < -0.39 is 0 Å². The van der Waals surface area contributed by atoms with Crippen LogP contribution in [0.2, 0.25) is 0 Å². The first-order chi connectivity index (χ1) is 21.1. The van der Waals surface area contributed by atoms with Crippen molar-refractivity contribution in [1.29, 1.82) is 10.5 Å². The van der Waals surface area contributed by atoms with Gasteiger partial charge in [-0.1, -0.05) is 71.0 Å². The Morgan fingerprint density at radius 1 is 0.841 bits per heavy atom. The zero-order chi connectivity index (χ0) is 31.1. The molecule has 0 spiro atoms. The molecular formula is C38H32N4O2. The monoisotopic (exact) mass is 576 g/mol. The molecule has 0 amide bonds. The molecule has 6 nitrogen and oxygen atoms in total. The molecule has 0 bridgehead atoms. The topological polar surface area (TPSA) is 86.1 Å². The number of ether oxygens (including phenoxy) is 1. The second-order valence-electron chi connectivity index (χ2n) is 12.4. The van der Waals surface area contributed by atoms with Crippen molar-refractivity contribution in [2.75, 3.05) is 4.90 Å². The molecule has 0 saturated carbocycles. The number of hydrogen-bond acceptors (Lipinski definition) is 6. The van der Waals surface area contributed by atoms with Gasteiger partial charge in [0.15, 0.2) is 5.76 Å². The first kappa shape index (κ1) is 28.5. The predicted molar refractivity (Wildman–Crippen MR) is 173 cm³/mol. The number of furan rings is 1. The Balaban J connectivity index is 1.35. The first-order valence-electron chi connectivity index (χ1n) is 14.5. The number of allylic oxidation sites excluding steroid dienone is 6. The highest BCUT2D eigenvalue weighted by atomic mass is 16.5. The highest BCUT2D eigenvalue weighted by Crippen LogP contribution is 2.51. The van der Waals surface area contributed by atoms with Gasteiger partial charge in [0.05, 0.1) is 11.9 Å². The van der Waals surface area contributed by atoms with Crippen molar-refractivity contribution in [3.63, 3.8) is 0 Å². The standard InChI is InChI=1S/C38H32N4O2/c1-37(2,3)34-19-25(26(22-39)23-40)18-30(43-34)16-17-31-21-33-36(44-31)35-32(38(33,4)5)20-29(24-41-35)42(27-12-8-6-9-13-27)28-14-10-7-11-15-28/h6-21,24H,1-5H3/b17-16+. The smallest absolute Gasteiger partial charge is 0.157 e. The molecule has 44 heavy (non-hydrogen) atoms. The summed E-state index contributed by atoms with van der Waals surface area (Å²) < 4.78 is 12.5. The summed E-state index contributed by atoms with van der Waals surface area (Å²) in [5.41, 5.74) is 6.00. The van der Waals surface area contributed by atoms with Gasteiger partial charge < -0.3 is 14.1 Å². The SMILES string of the molecule is CC(C)(C)C1=CC(=C(C#N)C#N)C=C(/C=C/c2cc3c(o2)-c2ncc(N(c4ccccc4)c4ccccc4)cc2C3(C)C)O1. The summed E-state index contributed by atoms with van der Waals surface area (Å²) in [5, 5.41) is 18.9. The third-order valence-electron chi connectivity index (χ3n) is 7.95. The van der Waals surface area contributed by atoms with Crippen LogP contribution in [0, 0.1) is 28.1 Å². The summed E-state index contributed by atoms with van der Waals surface area (Å²) in [4.78, 5) is 7.16. The minimum absolute atomic E-state index is 0.0415. The van der Waals surface area contributed by atoms with Crippen LogP contribution in [0.25, 0.3) is 17.5 Å². The normalized spacial score (nSPS) is 14.9. The van der Waals surface area contributed by atoms with Crippen LogP contribution in [0.15, 0.2) is 124 Å². The fourth-order valence-corrected chi connectivity index (χ4v) is 5.55. The molecule has 2 aliphatic rings. The molecule has 0 fully saturated rings. The molecule has 6 rings (SSSR count). The van der Waals surface area contributed by atoms with Crippen LogP contribution in [0.1, 0.15) is 51.5 Å². The van der Waals surface area contributed by atoms with Gasteiger partial charge in [0.2, 0.25) is 0 Å². The van der Waals surface area contributed by atoms with Crippen molar-refractivity contribution in [1.82, 2.24) is 4.98 Å². The Labute approximate surface area is 258 Å². The first-order valence-corrected chi connectivity index (χ1v) is 14.5. The number of para-hydroxylation sites is 2. The van der Waals surface area contributed by atoms with Crippen LogP contribution < -0.4 is 4.90 Å². The molecule has 0 unspecified atom stereocenters. The average molecular weight is 577 g/mol. The van der Waals surface area contributed by atoms with Gasteiger partial charge in [-0.05, 0) is 66.3 Å². The van der Waals surface area contributed by atoms with Crippen molar-refractivity contribution in [2.24, 2.45) is 5.41 Å². The number of pyridine rings is 1. The zero-order valence-corrected chi connectivity index (χ0v) is 25.4. The third kappa shape index (κ3) is 5.12. The van der Waals surface area contributed by atoms with Crippen molar-refractivity contribution in [3.8, 4) is 23.6 Å². The highest BCUT2D eigenvalue weighted by Gasteiger charge is 2.40. The van der Waals surface area contributed by atoms with E-state index in [0.29, 0.717) is 22.9 Å². The second kappa shape index (κ2) is 10.9. The summed E-state index contributed by atoms with van der Waals surface area (Å²) >= 11 is 0. The van der Waals surface area contributed by atoms with Crippen LogP contribution in [-0.2, 0) is 10.2 Å². The summed E-state index contributed by atoms with van der Waals surface area (Å²) in [7, 11) is 0. The van der Waals surface area contributed by atoms with Crippen molar-refractivity contribution in [3.05, 3.63) is 137 Å². The van der Waals surface area contributed by atoms with E-state index in [2.05, 4.69) is 55.1 Å². The van der Waals surface area contributed by atoms with Gasteiger partial charge in [0.25, 0.3) is 0 Å². The number of rotatable bonds is 5. The molecule has 3 heterocycles. The Morgan fingerprint density at radius 2 is 1.48 bits per heavy atom. The molecule has 216 valence electrons. The summed E-state index contributed by atoms with van der Waals surface area (Å²) in [5.74, 6) is 2.62. The number of nitriles is 2. The average Bonchev–Trinajstić information content (AvgIpc) is 3.54. The second-order valence-corrected chi connectivity index (χ2v) is 12.4. The molecule has 1 aliphatic heterocycles. The van der Waals surface area contributed by atoms with E-state index in [1.54, 1.807) is 18.2 Å². The van der Waals surface area contributed by atoms with Gasteiger partial charge >= 0.3 is 0 Å². The van der Waals surface area contributed by atoms with Gasteiger partial charge in [0.1, 0.15) is 40.7 Å². The number of anilines is 3. The minimum atomic E-state index is -0.338. The van der Waals surface area contributed by atoms with Gasteiger partial charge in [-0.2, -0.15) is 10.5 Å². The van der Waals surface area contributed by atoms with Gasteiger partial charge in [0, 0.05) is 33.3 Å². The lowest BCUT2D eigenvalue weighted by atomic mass is 9.83. The molecule has 0 saturated heterocycles. The molecule has 2 aromatic carbocycles. The van der Waals surface area contributed by atoms with Gasteiger partial charge in [-0.25, -0.2) is 0 Å². The molecule has 0 radical (unpaired) electrons. The Bertz CT molecular complexity index is 1900. The van der Waals surface area contributed by atoms with E-state index in [9.17, 15) is 10.5 Å². The van der Waals surface area contributed by atoms with E-state index in [0.717, 1.165) is 39.6 Å². The van der Waals surface area contributed by atoms with E-state index in [4.69, 9.17) is 14.1 Å². The van der Waals surface area contributed by atoms with Crippen LogP contribution in [0.4, 0.5) is 17.1 Å². The third-order valence-corrected chi connectivity index (χ3v) is 7.95.